The summed E-state index contributed by atoms with van der Waals surface area (Å²) >= 11 is 0. The highest BCUT2D eigenvalue weighted by Gasteiger charge is 2.07. The molecule has 0 fully saturated rings. The van der Waals surface area contributed by atoms with Gasteiger partial charge in [0.1, 0.15) is 5.75 Å². The fourth-order valence-corrected chi connectivity index (χ4v) is 1.82. The number of nitrogens with one attached hydrogen (secondary N) is 2. The van der Waals surface area contributed by atoms with Crippen LogP contribution in [0.1, 0.15) is 25.8 Å². The quantitative estimate of drug-likeness (QED) is 0.763. The van der Waals surface area contributed by atoms with Gasteiger partial charge in [0.25, 0.3) is 0 Å². The zero-order valence-electron chi connectivity index (χ0n) is 12.9. The summed E-state index contributed by atoms with van der Waals surface area (Å²) < 4.78 is 5.08. The molecule has 1 aromatic rings. The molecule has 5 heteroatoms. The molecular formula is C16H24N2O3. The largest absolute Gasteiger partial charge is 0.497 e. The molecule has 21 heavy (non-hydrogen) atoms. The number of rotatable bonds is 8. The third-order valence-corrected chi connectivity index (χ3v) is 2.93. The average Bonchev–Trinajstić information content (AvgIpc) is 2.45. The standard InChI is InChI=1S/C16H24N2O3/c1-12(2)10-15(19)18-11-16(20)17-9-8-13-4-6-14(21-3)7-5-13/h4-7,12H,8-11H2,1-3H3,(H,17,20)(H,18,19). The van der Waals surface area contributed by atoms with Gasteiger partial charge in [0.2, 0.25) is 11.8 Å². The fraction of sp³-hybridized carbons (Fsp3) is 0.500. The summed E-state index contributed by atoms with van der Waals surface area (Å²) in [6.07, 6.45) is 1.19. The molecule has 2 amide bonds. The monoisotopic (exact) mass is 292 g/mol. The van der Waals surface area contributed by atoms with Gasteiger partial charge in [0, 0.05) is 13.0 Å². The maximum Gasteiger partial charge on any atom is 0.239 e. The average molecular weight is 292 g/mol. The molecule has 0 radical (unpaired) electrons. The Morgan fingerprint density at radius 2 is 1.76 bits per heavy atom. The highest BCUT2D eigenvalue weighted by Crippen LogP contribution is 2.11. The zero-order valence-corrected chi connectivity index (χ0v) is 12.9. The van der Waals surface area contributed by atoms with E-state index >= 15 is 0 Å². The van der Waals surface area contributed by atoms with Gasteiger partial charge in [0.15, 0.2) is 0 Å². The van der Waals surface area contributed by atoms with Gasteiger partial charge in [-0.25, -0.2) is 0 Å². The minimum Gasteiger partial charge on any atom is -0.497 e. The van der Waals surface area contributed by atoms with E-state index in [2.05, 4.69) is 10.6 Å². The van der Waals surface area contributed by atoms with Gasteiger partial charge < -0.3 is 15.4 Å². The van der Waals surface area contributed by atoms with Gasteiger partial charge in [-0.05, 0) is 30.0 Å². The number of carbonyl (C=O) groups excluding carboxylic acids is 2. The van der Waals surface area contributed by atoms with E-state index < -0.39 is 0 Å². The van der Waals surface area contributed by atoms with Crippen molar-refractivity contribution in [3.05, 3.63) is 29.8 Å². The lowest BCUT2D eigenvalue weighted by atomic mass is 10.1. The van der Waals surface area contributed by atoms with Gasteiger partial charge in [-0.3, -0.25) is 9.59 Å². The molecule has 0 aliphatic carbocycles. The highest BCUT2D eigenvalue weighted by molar-refractivity contribution is 5.84. The Balaban J connectivity index is 2.19. The Kier molecular flexibility index (Phi) is 7.29. The van der Waals surface area contributed by atoms with Crippen molar-refractivity contribution in [1.29, 1.82) is 0 Å². The van der Waals surface area contributed by atoms with Crippen LogP contribution in [0.25, 0.3) is 0 Å². The minimum atomic E-state index is -0.166. The number of methoxy groups -OCH3 is 1. The van der Waals surface area contributed by atoms with Crippen LogP contribution >= 0.6 is 0 Å². The Bertz CT molecular complexity index is 455. The van der Waals surface area contributed by atoms with Crippen LogP contribution in [0, 0.1) is 5.92 Å². The molecule has 0 saturated heterocycles. The van der Waals surface area contributed by atoms with Crippen LogP contribution in [0.2, 0.25) is 0 Å². The molecule has 0 aromatic heterocycles. The Morgan fingerprint density at radius 3 is 2.33 bits per heavy atom. The predicted molar refractivity (Wildman–Crippen MR) is 82.2 cm³/mol. The smallest absolute Gasteiger partial charge is 0.239 e. The third-order valence-electron chi connectivity index (χ3n) is 2.93. The maximum absolute atomic E-state index is 11.6. The summed E-state index contributed by atoms with van der Waals surface area (Å²) in [7, 11) is 1.63. The fourth-order valence-electron chi connectivity index (χ4n) is 1.82. The van der Waals surface area contributed by atoms with E-state index in [-0.39, 0.29) is 18.4 Å². The van der Waals surface area contributed by atoms with E-state index in [9.17, 15) is 9.59 Å². The second-order valence-electron chi connectivity index (χ2n) is 5.32. The molecule has 116 valence electrons. The lowest BCUT2D eigenvalue weighted by molar-refractivity contribution is -0.126. The molecule has 0 bridgehead atoms. The summed E-state index contributed by atoms with van der Waals surface area (Å²) in [6.45, 7) is 4.52. The van der Waals surface area contributed by atoms with Crippen LogP contribution in [0.3, 0.4) is 0 Å². The molecule has 0 aliphatic heterocycles. The second kappa shape index (κ2) is 9.00. The first-order valence-electron chi connectivity index (χ1n) is 7.17. The number of hydrogen-bond donors (Lipinski definition) is 2. The molecule has 5 nitrogen and oxygen atoms in total. The normalized spacial score (nSPS) is 10.3. The van der Waals surface area contributed by atoms with Crippen molar-refractivity contribution in [1.82, 2.24) is 10.6 Å². The number of benzene rings is 1. The molecule has 0 unspecified atom stereocenters. The van der Waals surface area contributed by atoms with Crippen molar-refractivity contribution >= 4 is 11.8 Å². The summed E-state index contributed by atoms with van der Waals surface area (Å²) in [4.78, 5) is 23.0. The number of ether oxygens (including phenoxy) is 1. The molecule has 0 saturated carbocycles. The highest BCUT2D eigenvalue weighted by atomic mass is 16.5. The molecule has 0 aliphatic rings. The van der Waals surface area contributed by atoms with E-state index in [0.29, 0.717) is 18.9 Å². The topological polar surface area (TPSA) is 67.4 Å². The first-order valence-corrected chi connectivity index (χ1v) is 7.17. The van der Waals surface area contributed by atoms with Crippen molar-refractivity contribution < 1.29 is 14.3 Å². The van der Waals surface area contributed by atoms with Crippen LogP contribution in [0.5, 0.6) is 5.75 Å². The van der Waals surface area contributed by atoms with E-state index in [1.54, 1.807) is 7.11 Å². The molecular weight excluding hydrogens is 268 g/mol. The summed E-state index contributed by atoms with van der Waals surface area (Å²) in [5, 5.41) is 5.39. The van der Waals surface area contributed by atoms with Crippen LogP contribution in [-0.2, 0) is 16.0 Å². The Labute approximate surface area is 126 Å². The molecule has 1 aromatic carbocycles. The van der Waals surface area contributed by atoms with Gasteiger partial charge in [-0.2, -0.15) is 0 Å². The van der Waals surface area contributed by atoms with Crippen molar-refractivity contribution in [3.8, 4) is 5.75 Å². The van der Waals surface area contributed by atoms with E-state index in [4.69, 9.17) is 4.74 Å². The second-order valence-corrected chi connectivity index (χ2v) is 5.32. The van der Waals surface area contributed by atoms with Crippen LogP contribution in [-0.4, -0.2) is 32.0 Å². The van der Waals surface area contributed by atoms with Crippen molar-refractivity contribution in [3.63, 3.8) is 0 Å². The summed E-state index contributed by atoms with van der Waals surface area (Å²) in [5.74, 6) is 0.856. The third kappa shape index (κ3) is 7.34. The Hall–Kier alpha value is -2.04. The van der Waals surface area contributed by atoms with E-state index in [0.717, 1.165) is 17.7 Å². The lowest BCUT2D eigenvalue weighted by Crippen LogP contribution is -2.38. The number of amides is 2. The molecule has 0 heterocycles. The lowest BCUT2D eigenvalue weighted by Gasteiger charge is -2.08. The number of carbonyl (C=O) groups is 2. The van der Waals surface area contributed by atoms with Gasteiger partial charge in [-0.1, -0.05) is 26.0 Å². The molecule has 0 atom stereocenters. The van der Waals surface area contributed by atoms with Crippen LogP contribution in [0.4, 0.5) is 0 Å². The summed E-state index contributed by atoms with van der Waals surface area (Å²) in [5.41, 5.74) is 1.12. The SMILES string of the molecule is COc1ccc(CCNC(=O)CNC(=O)CC(C)C)cc1. The van der Waals surface area contributed by atoms with Gasteiger partial charge >= 0.3 is 0 Å². The molecule has 1 rings (SSSR count). The maximum atomic E-state index is 11.6. The van der Waals surface area contributed by atoms with Crippen LogP contribution < -0.4 is 15.4 Å². The van der Waals surface area contributed by atoms with Crippen molar-refractivity contribution in [2.75, 3.05) is 20.2 Å². The Morgan fingerprint density at radius 1 is 1.10 bits per heavy atom. The minimum absolute atomic E-state index is 0.0359. The first-order chi connectivity index (χ1) is 10.0. The van der Waals surface area contributed by atoms with Crippen molar-refractivity contribution in [2.24, 2.45) is 5.92 Å². The van der Waals surface area contributed by atoms with E-state index in [1.165, 1.54) is 0 Å². The predicted octanol–water partition coefficient (Wildman–Crippen LogP) is 1.52. The van der Waals surface area contributed by atoms with Crippen molar-refractivity contribution in [2.45, 2.75) is 26.7 Å². The zero-order chi connectivity index (χ0) is 15.7. The number of hydrogen-bond acceptors (Lipinski definition) is 3. The van der Waals surface area contributed by atoms with E-state index in [1.807, 2.05) is 38.1 Å². The summed E-state index contributed by atoms with van der Waals surface area (Å²) in [6, 6.07) is 7.72. The molecule has 2 N–H and O–H groups in total. The van der Waals surface area contributed by atoms with Crippen LogP contribution in [0.15, 0.2) is 24.3 Å². The van der Waals surface area contributed by atoms with Gasteiger partial charge in [-0.15, -0.1) is 0 Å². The molecule has 0 spiro atoms. The first kappa shape index (κ1) is 17.0. The van der Waals surface area contributed by atoms with Gasteiger partial charge in [0.05, 0.1) is 13.7 Å².